The number of esters is 2. The van der Waals surface area contributed by atoms with Crippen LogP contribution in [0.5, 0.6) is 0 Å². The molecule has 0 aliphatic carbocycles. The summed E-state index contributed by atoms with van der Waals surface area (Å²) in [7, 11) is -4.40. The summed E-state index contributed by atoms with van der Waals surface area (Å²) >= 11 is 0. The standard InChI is InChI=1S/C77H128NO8P/c1-3-5-7-9-11-13-15-17-19-21-23-25-27-29-31-32-33-34-35-36-37-38-39-40-41-42-44-46-48-50-52-54-56-58-60-62-64-66-68-70-77(80)86-75(74-85-87(81,82)84-72-71-78)73-83-76(79)69-67-65-63-61-59-57-55-53-51-49-47-45-43-30-28-26-24-22-20-18-16-14-12-10-8-6-4-2/h5-8,11-14,17-20,23-26,29-31,33-34,36-37,43,47,49,75H,3-4,9-10,15-16,21-22,27-28,32,35,38-42,44-46,48,50-74,78H2,1-2H3,(H,81,82)/b7-5-,8-6-,13-11-,14-12-,19-17-,20-18-,25-23-,26-24-,31-29-,34-33-,37-36-,43-30-,49-47-. The number of carbonyl (C=O) groups is 2. The Morgan fingerprint density at radius 2 is 0.598 bits per heavy atom. The molecule has 0 aromatic heterocycles. The first-order chi connectivity index (χ1) is 42.8. The van der Waals surface area contributed by atoms with Gasteiger partial charge < -0.3 is 20.1 Å². The Morgan fingerprint density at radius 1 is 0.345 bits per heavy atom. The molecule has 2 unspecified atom stereocenters. The lowest BCUT2D eigenvalue weighted by atomic mass is 10.0. The van der Waals surface area contributed by atoms with Crippen molar-refractivity contribution in [1.29, 1.82) is 0 Å². The fraction of sp³-hybridized carbons (Fsp3) is 0.636. The topological polar surface area (TPSA) is 134 Å². The Labute approximate surface area is 534 Å². The van der Waals surface area contributed by atoms with Crippen LogP contribution in [-0.2, 0) is 32.7 Å². The van der Waals surface area contributed by atoms with Crippen LogP contribution in [0.2, 0.25) is 0 Å². The molecule has 0 aliphatic rings. The molecule has 3 N–H and O–H groups in total. The van der Waals surface area contributed by atoms with Crippen molar-refractivity contribution in [1.82, 2.24) is 0 Å². The van der Waals surface area contributed by atoms with E-state index < -0.39 is 32.5 Å². The lowest BCUT2D eigenvalue weighted by Gasteiger charge is -2.19. The predicted octanol–water partition coefficient (Wildman–Crippen LogP) is 23.2. The summed E-state index contributed by atoms with van der Waals surface area (Å²) < 4.78 is 33.2. The summed E-state index contributed by atoms with van der Waals surface area (Å²) in [6, 6.07) is 0. The minimum Gasteiger partial charge on any atom is -0.462 e. The number of carbonyl (C=O) groups excluding carboxylic acids is 2. The number of phosphoric ester groups is 1. The quantitative estimate of drug-likeness (QED) is 0.0264. The number of ether oxygens (including phenoxy) is 2. The van der Waals surface area contributed by atoms with Crippen molar-refractivity contribution < 1.29 is 37.6 Å². The van der Waals surface area contributed by atoms with Gasteiger partial charge in [0.05, 0.1) is 13.2 Å². The third-order valence-electron chi connectivity index (χ3n) is 14.4. The molecule has 0 saturated carbocycles. The van der Waals surface area contributed by atoms with Gasteiger partial charge in [0.2, 0.25) is 0 Å². The van der Waals surface area contributed by atoms with Gasteiger partial charge in [-0.15, -0.1) is 0 Å². The lowest BCUT2D eigenvalue weighted by molar-refractivity contribution is -0.161. The van der Waals surface area contributed by atoms with Crippen LogP contribution in [0.4, 0.5) is 0 Å². The molecule has 10 heteroatoms. The van der Waals surface area contributed by atoms with Crippen molar-refractivity contribution in [2.24, 2.45) is 5.73 Å². The van der Waals surface area contributed by atoms with Gasteiger partial charge in [-0.2, -0.15) is 0 Å². The minimum absolute atomic E-state index is 0.0460. The highest BCUT2D eigenvalue weighted by Gasteiger charge is 2.26. The number of rotatable bonds is 64. The highest BCUT2D eigenvalue weighted by Crippen LogP contribution is 2.43. The molecule has 9 nitrogen and oxygen atoms in total. The van der Waals surface area contributed by atoms with E-state index in [1.54, 1.807) is 0 Å². The van der Waals surface area contributed by atoms with Crippen molar-refractivity contribution in [3.05, 3.63) is 158 Å². The SMILES string of the molecule is CC/C=C\C/C=C\C/C=C\C/C=C\C/C=C\C/C=C\C/C=C\CCCCCCCCCCCCCCCCCCCC(=O)OC(COC(=O)CCCCCCCCCC/C=C\C/C=C\C/C=C\C/C=C\C/C=C\C/C=C\CC)COP(=O)(O)OCCN. The Balaban J connectivity index is 3.91. The van der Waals surface area contributed by atoms with E-state index in [0.29, 0.717) is 6.42 Å². The minimum atomic E-state index is -4.40. The summed E-state index contributed by atoms with van der Waals surface area (Å²) in [5, 5.41) is 0. The molecule has 0 rings (SSSR count). The zero-order valence-electron chi connectivity index (χ0n) is 55.4. The Morgan fingerprint density at radius 3 is 0.885 bits per heavy atom. The van der Waals surface area contributed by atoms with Crippen molar-refractivity contribution >= 4 is 19.8 Å². The molecule has 0 bridgehead atoms. The third kappa shape index (κ3) is 70.6. The number of allylic oxidation sites excluding steroid dienone is 26. The molecule has 87 heavy (non-hydrogen) atoms. The smallest absolute Gasteiger partial charge is 0.462 e. The molecule has 0 amide bonds. The predicted molar refractivity (Wildman–Crippen MR) is 376 cm³/mol. The van der Waals surface area contributed by atoms with Crippen LogP contribution in [0.1, 0.15) is 284 Å². The second-order valence-corrected chi connectivity index (χ2v) is 24.1. The highest BCUT2D eigenvalue weighted by atomic mass is 31.2. The van der Waals surface area contributed by atoms with Crippen LogP contribution in [0.3, 0.4) is 0 Å². The average molecular weight is 1230 g/mol. The maximum atomic E-state index is 12.8. The van der Waals surface area contributed by atoms with Crippen molar-refractivity contribution in [3.63, 3.8) is 0 Å². The number of unbranched alkanes of at least 4 members (excludes halogenated alkanes) is 25. The van der Waals surface area contributed by atoms with Gasteiger partial charge in [0.15, 0.2) is 6.10 Å². The molecule has 2 atom stereocenters. The van der Waals surface area contributed by atoms with Crippen LogP contribution in [0.15, 0.2) is 158 Å². The van der Waals surface area contributed by atoms with E-state index >= 15 is 0 Å². The highest BCUT2D eigenvalue weighted by molar-refractivity contribution is 7.47. The molecule has 0 saturated heterocycles. The molecule has 0 radical (unpaired) electrons. The molecule has 0 spiro atoms. The molecule has 0 fully saturated rings. The van der Waals surface area contributed by atoms with Gasteiger partial charge >= 0.3 is 19.8 Å². The molecular weight excluding hydrogens is 1100 g/mol. The first-order valence-electron chi connectivity index (χ1n) is 35.0. The normalized spacial score (nSPS) is 13.9. The monoisotopic (exact) mass is 1230 g/mol. The van der Waals surface area contributed by atoms with E-state index in [9.17, 15) is 19.0 Å². The zero-order chi connectivity index (χ0) is 63.0. The summed E-state index contributed by atoms with van der Waals surface area (Å²) in [6.07, 6.45) is 103. The largest absolute Gasteiger partial charge is 0.472 e. The first-order valence-corrected chi connectivity index (χ1v) is 36.5. The van der Waals surface area contributed by atoms with E-state index in [1.165, 1.54) is 116 Å². The van der Waals surface area contributed by atoms with Gasteiger partial charge in [-0.25, -0.2) is 4.57 Å². The van der Waals surface area contributed by atoms with E-state index in [2.05, 4.69) is 172 Å². The van der Waals surface area contributed by atoms with Gasteiger partial charge in [0.25, 0.3) is 0 Å². The van der Waals surface area contributed by atoms with E-state index in [0.717, 1.165) is 135 Å². The van der Waals surface area contributed by atoms with Crippen molar-refractivity contribution in [2.75, 3.05) is 26.4 Å². The molecule has 494 valence electrons. The lowest BCUT2D eigenvalue weighted by Crippen LogP contribution is -2.29. The maximum Gasteiger partial charge on any atom is 0.472 e. The number of hydrogen-bond acceptors (Lipinski definition) is 8. The summed E-state index contributed by atoms with van der Waals surface area (Å²) in [5.74, 6) is -0.839. The maximum absolute atomic E-state index is 12.8. The fourth-order valence-electron chi connectivity index (χ4n) is 9.33. The van der Waals surface area contributed by atoms with Crippen LogP contribution in [0, 0.1) is 0 Å². The Bertz CT molecular complexity index is 1980. The van der Waals surface area contributed by atoms with Crippen LogP contribution in [0.25, 0.3) is 0 Å². The van der Waals surface area contributed by atoms with Crippen LogP contribution < -0.4 is 5.73 Å². The molecular formula is C77H128NO8P. The summed E-state index contributed by atoms with van der Waals surface area (Å²) in [4.78, 5) is 35.4. The Kier molecular flexibility index (Phi) is 67.2. The fourth-order valence-corrected chi connectivity index (χ4v) is 10.1. The third-order valence-corrected chi connectivity index (χ3v) is 15.4. The number of nitrogens with two attached hydrogens (primary N) is 1. The van der Waals surface area contributed by atoms with Gasteiger partial charge in [-0.1, -0.05) is 307 Å². The summed E-state index contributed by atoms with van der Waals surface area (Å²) in [5.41, 5.74) is 5.40. The molecule has 0 aromatic rings. The average Bonchev–Trinajstić information content (AvgIpc) is 3.64. The van der Waals surface area contributed by atoms with Crippen molar-refractivity contribution in [3.8, 4) is 0 Å². The second kappa shape index (κ2) is 70.7. The van der Waals surface area contributed by atoms with Gasteiger partial charge in [-0.3, -0.25) is 18.6 Å². The number of phosphoric acid groups is 1. The molecule has 0 aliphatic heterocycles. The zero-order valence-corrected chi connectivity index (χ0v) is 56.3. The second-order valence-electron chi connectivity index (χ2n) is 22.6. The molecule has 0 heterocycles. The first kappa shape index (κ1) is 82.6. The van der Waals surface area contributed by atoms with Gasteiger partial charge in [0.1, 0.15) is 6.61 Å². The van der Waals surface area contributed by atoms with Crippen molar-refractivity contribution in [2.45, 2.75) is 290 Å². The van der Waals surface area contributed by atoms with Crippen LogP contribution in [-0.4, -0.2) is 49.3 Å². The number of hydrogen-bond donors (Lipinski definition) is 2. The van der Waals surface area contributed by atoms with E-state index in [1.807, 2.05) is 0 Å². The summed E-state index contributed by atoms with van der Waals surface area (Å²) in [6.45, 7) is 3.51. The van der Waals surface area contributed by atoms with Crippen LogP contribution >= 0.6 is 7.82 Å². The van der Waals surface area contributed by atoms with E-state index in [4.69, 9.17) is 24.3 Å². The van der Waals surface area contributed by atoms with E-state index in [-0.39, 0.29) is 32.6 Å². The molecule has 0 aromatic carbocycles. The Hall–Kier alpha value is -4.37. The van der Waals surface area contributed by atoms with Gasteiger partial charge in [0, 0.05) is 19.4 Å². The van der Waals surface area contributed by atoms with Gasteiger partial charge in [-0.05, 0) is 122 Å².